The molecule has 0 aliphatic heterocycles. The van der Waals surface area contributed by atoms with E-state index in [0.717, 1.165) is 16.8 Å². The van der Waals surface area contributed by atoms with Crippen LogP contribution in [0.5, 0.6) is 5.75 Å². The summed E-state index contributed by atoms with van der Waals surface area (Å²) in [4.78, 5) is 19.8. The van der Waals surface area contributed by atoms with Crippen molar-refractivity contribution in [1.29, 1.82) is 0 Å². The zero-order valence-electron chi connectivity index (χ0n) is 12.0. The summed E-state index contributed by atoms with van der Waals surface area (Å²) in [7, 11) is 0. The lowest BCUT2D eigenvalue weighted by Gasteiger charge is -2.09. The molecule has 10 heteroatoms. The summed E-state index contributed by atoms with van der Waals surface area (Å²) in [5.74, 6) is -1.53. The van der Waals surface area contributed by atoms with Gasteiger partial charge in [0.15, 0.2) is 0 Å². The highest BCUT2D eigenvalue weighted by atomic mass is 32.2. The Morgan fingerprint density at radius 1 is 1.42 bits per heavy atom. The summed E-state index contributed by atoms with van der Waals surface area (Å²) in [6.07, 6.45) is -4.79. The number of aromatic amines is 1. The van der Waals surface area contributed by atoms with Gasteiger partial charge in [0, 0.05) is 4.90 Å². The predicted molar refractivity (Wildman–Crippen MR) is 82.9 cm³/mol. The van der Waals surface area contributed by atoms with Crippen LogP contribution in [0.25, 0.3) is 10.3 Å². The lowest BCUT2D eigenvalue weighted by molar-refractivity contribution is -0.274. The van der Waals surface area contributed by atoms with E-state index in [1.165, 1.54) is 29.5 Å². The molecule has 0 aliphatic carbocycles. The summed E-state index contributed by atoms with van der Waals surface area (Å²) in [5.41, 5.74) is 0.443. The third-order valence-corrected chi connectivity index (χ3v) is 4.87. The zero-order valence-corrected chi connectivity index (χ0v) is 13.6. The molecule has 24 heavy (non-hydrogen) atoms. The predicted octanol–water partition coefficient (Wildman–Crippen LogP) is 4.68. The molecule has 0 unspecified atom stereocenters. The maximum absolute atomic E-state index is 12.3. The third kappa shape index (κ3) is 3.49. The number of carboxylic acids is 1. The largest absolute Gasteiger partial charge is 0.573 e. The molecule has 2 N–H and O–H groups in total. The number of aromatic nitrogens is 2. The van der Waals surface area contributed by atoms with Gasteiger partial charge in [-0.15, -0.1) is 24.5 Å². The molecule has 0 amide bonds. The van der Waals surface area contributed by atoms with E-state index >= 15 is 0 Å². The van der Waals surface area contributed by atoms with Crippen molar-refractivity contribution in [3.05, 3.63) is 35.0 Å². The van der Waals surface area contributed by atoms with Gasteiger partial charge in [-0.2, -0.15) is 0 Å². The minimum Gasteiger partial charge on any atom is -0.477 e. The number of carbonyl (C=O) groups is 1. The number of fused-ring (bicyclic) bond motifs is 1. The standard InChI is InChI=1S/C14H9F3N2O3S2/c1-6-18-9-11(10(13(20)21)19-12(9)23-6)24-8-4-2-3-7(5-8)22-14(15,16)17/h2-5,19H,1H3,(H,20,21). The van der Waals surface area contributed by atoms with Gasteiger partial charge in [-0.25, -0.2) is 9.78 Å². The van der Waals surface area contributed by atoms with Crippen molar-refractivity contribution in [1.82, 2.24) is 9.97 Å². The Balaban J connectivity index is 1.99. The molecule has 0 spiro atoms. The summed E-state index contributed by atoms with van der Waals surface area (Å²) in [5, 5.41) is 10.1. The fraction of sp³-hybridized carbons (Fsp3) is 0.143. The van der Waals surface area contributed by atoms with Gasteiger partial charge in [0.2, 0.25) is 0 Å². The van der Waals surface area contributed by atoms with E-state index < -0.39 is 12.3 Å². The van der Waals surface area contributed by atoms with Gasteiger partial charge in [-0.3, -0.25) is 0 Å². The van der Waals surface area contributed by atoms with E-state index in [4.69, 9.17) is 0 Å². The van der Waals surface area contributed by atoms with Crippen molar-refractivity contribution in [3.63, 3.8) is 0 Å². The fourth-order valence-corrected chi connectivity index (χ4v) is 3.99. The molecule has 3 aromatic rings. The quantitative estimate of drug-likeness (QED) is 0.693. The molecule has 0 radical (unpaired) electrons. The van der Waals surface area contributed by atoms with Gasteiger partial charge in [0.25, 0.3) is 0 Å². The second-order valence-corrected chi connectivity index (χ2v) is 6.96. The number of thiazole rings is 1. The van der Waals surface area contributed by atoms with Crippen LogP contribution < -0.4 is 4.74 Å². The van der Waals surface area contributed by atoms with E-state index in [1.54, 1.807) is 13.0 Å². The number of carboxylic acid groups (broad SMARTS) is 1. The number of ether oxygens (including phenoxy) is 1. The van der Waals surface area contributed by atoms with Crippen LogP contribution in [0.1, 0.15) is 15.5 Å². The van der Waals surface area contributed by atoms with Crippen LogP contribution in [-0.4, -0.2) is 27.4 Å². The van der Waals surface area contributed by atoms with Gasteiger partial charge < -0.3 is 14.8 Å². The number of halogens is 3. The number of hydrogen-bond donors (Lipinski definition) is 2. The van der Waals surface area contributed by atoms with E-state index in [1.807, 2.05) is 0 Å². The maximum atomic E-state index is 12.3. The first kappa shape index (κ1) is 16.7. The second kappa shape index (κ2) is 6.02. The smallest absolute Gasteiger partial charge is 0.477 e. The maximum Gasteiger partial charge on any atom is 0.573 e. The van der Waals surface area contributed by atoms with E-state index in [-0.39, 0.29) is 11.4 Å². The molecule has 0 saturated heterocycles. The summed E-state index contributed by atoms with van der Waals surface area (Å²) < 4.78 is 40.8. The van der Waals surface area contributed by atoms with Crippen molar-refractivity contribution >= 4 is 39.4 Å². The summed E-state index contributed by atoms with van der Waals surface area (Å²) in [6.45, 7) is 1.78. The first-order valence-electron chi connectivity index (χ1n) is 6.49. The van der Waals surface area contributed by atoms with Gasteiger partial charge >= 0.3 is 12.3 Å². The van der Waals surface area contributed by atoms with E-state index in [2.05, 4.69) is 14.7 Å². The molecule has 0 fully saturated rings. The Morgan fingerprint density at radius 3 is 2.83 bits per heavy atom. The Kier molecular flexibility index (Phi) is 4.18. The van der Waals surface area contributed by atoms with Crippen LogP contribution in [0.3, 0.4) is 0 Å². The van der Waals surface area contributed by atoms with Crippen molar-refractivity contribution < 1.29 is 27.8 Å². The Bertz CT molecular complexity index is 918. The molecule has 3 rings (SSSR count). The molecule has 0 bridgehead atoms. The van der Waals surface area contributed by atoms with Crippen molar-refractivity contribution in [2.75, 3.05) is 0 Å². The Morgan fingerprint density at radius 2 is 2.17 bits per heavy atom. The fourth-order valence-electron chi connectivity index (χ4n) is 2.06. The van der Waals surface area contributed by atoms with E-state index in [0.29, 0.717) is 20.1 Å². The molecule has 2 aromatic heterocycles. The minimum absolute atomic E-state index is 0.0455. The number of alkyl halides is 3. The number of nitrogens with one attached hydrogen (secondary N) is 1. The number of H-pyrrole nitrogens is 1. The van der Waals surface area contributed by atoms with Gasteiger partial charge in [-0.1, -0.05) is 17.8 Å². The normalized spacial score (nSPS) is 11.8. The van der Waals surface area contributed by atoms with Gasteiger partial charge in [0.05, 0.1) is 9.90 Å². The van der Waals surface area contributed by atoms with Crippen LogP contribution in [0.4, 0.5) is 13.2 Å². The average Bonchev–Trinajstić information content (AvgIpc) is 2.95. The number of rotatable bonds is 4. The minimum atomic E-state index is -4.79. The molecule has 1 aromatic carbocycles. The van der Waals surface area contributed by atoms with Crippen LogP contribution in [0.2, 0.25) is 0 Å². The topological polar surface area (TPSA) is 75.2 Å². The molecule has 126 valence electrons. The van der Waals surface area contributed by atoms with Crippen LogP contribution in [-0.2, 0) is 0 Å². The second-order valence-electron chi connectivity index (χ2n) is 4.67. The van der Waals surface area contributed by atoms with Crippen LogP contribution in [0, 0.1) is 6.92 Å². The van der Waals surface area contributed by atoms with Crippen molar-refractivity contribution in [2.45, 2.75) is 23.1 Å². The van der Waals surface area contributed by atoms with E-state index in [9.17, 15) is 23.1 Å². The number of aryl methyl sites for hydroxylation is 1. The van der Waals surface area contributed by atoms with Crippen molar-refractivity contribution in [3.8, 4) is 5.75 Å². The number of hydrogen-bond acceptors (Lipinski definition) is 5. The first-order valence-corrected chi connectivity index (χ1v) is 8.12. The van der Waals surface area contributed by atoms with Crippen molar-refractivity contribution in [2.24, 2.45) is 0 Å². The highest BCUT2D eigenvalue weighted by Crippen LogP contribution is 2.39. The molecule has 2 heterocycles. The molecule has 0 aliphatic rings. The Labute approximate surface area is 141 Å². The average molecular weight is 374 g/mol. The highest BCUT2D eigenvalue weighted by molar-refractivity contribution is 7.99. The summed E-state index contributed by atoms with van der Waals surface area (Å²) >= 11 is 2.33. The molecule has 0 saturated carbocycles. The summed E-state index contributed by atoms with van der Waals surface area (Å²) in [6, 6.07) is 5.34. The van der Waals surface area contributed by atoms with Gasteiger partial charge in [0.1, 0.15) is 21.8 Å². The lowest BCUT2D eigenvalue weighted by atomic mass is 10.3. The first-order chi connectivity index (χ1) is 11.2. The Hall–Kier alpha value is -2.20. The number of nitrogens with zero attached hydrogens (tertiary/aromatic N) is 1. The monoisotopic (exact) mass is 374 g/mol. The number of benzene rings is 1. The molecular formula is C14H9F3N2O3S2. The lowest BCUT2D eigenvalue weighted by Crippen LogP contribution is -2.17. The molecule has 5 nitrogen and oxygen atoms in total. The third-order valence-electron chi connectivity index (χ3n) is 2.89. The van der Waals surface area contributed by atoms with Gasteiger partial charge in [-0.05, 0) is 25.1 Å². The zero-order chi connectivity index (χ0) is 17.5. The SMILES string of the molecule is Cc1nc2c(Sc3cccc(OC(F)(F)F)c3)c(C(=O)O)[nH]c2s1. The van der Waals surface area contributed by atoms with Crippen LogP contribution >= 0.6 is 23.1 Å². The highest BCUT2D eigenvalue weighted by Gasteiger charge is 2.31. The molecular weight excluding hydrogens is 365 g/mol. The van der Waals surface area contributed by atoms with Crippen LogP contribution in [0.15, 0.2) is 34.1 Å². The molecule has 0 atom stereocenters. The number of aromatic carboxylic acids is 1.